The van der Waals surface area contributed by atoms with Crippen molar-refractivity contribution < 1.29 is 14.7 Å². The number of hydrogen-bond acceptors (Lipinski definition) is 6. The quantitative estimate of drug-likeness (QED) is 0.247. The van der Waals surface area contributed by atoms with Gasteiger partial charge < -0.3 is 14.9 Å². The highest BCUT2D eigenvalue weighted by atomic mass is 32.1. The number of benzene rings is 3. The summed E-state index contributed by atoms with van der Waals surface area (Å²) in [5.41, 5.74) is 7.00. The van der Waals surface area contributed by atoms with E-state index >= 15 is 0 Å². The monoisotopic (exact) mass is 539 g/mol. The van der Waals surface area contributed by atoms with Crippen LogP contribution in [0.5, 0.6) is 0 Å². The fourth-order valence-electron chi connectivity index (χ4n) is 5.12. The lowest BCUT2D eigenvalue weighted by molar-refractivity contribution is -0.120. The van der Waals surface area contributed by atoms with E-state index in [1.54, 1.807) is 23.5 Å². The third kappa shape index (κ3) is 6.55. The average molecular weight is 540 g/mol. The lowest BCUT2D eigenvalue weighted by atomic mass is 9.83. The van der Waals surface area contributed by atoms with Crippen LogP contribution in [0.25, 0.3) is 11.3 Å². The summed E-state index contributed by atoms with van der Waals surface area (Å²) in [6.07, 6.45) is 3.54. The number of carbonyl (C=O) groups is 2. The maximum Gasteiger partial charge on any atom is 0.335 e. The number of rotatable bonds is 9. The molecule has 1 heterocycles. The minimum atomic E-state index is -0.917. The predicted molar refractivity (Wildman–Crippen MR) is 158 cm³/mol. The van der Waals surface area contributed by atoms with Gasteiger partial charge >= 0.3 is 5.97 Å². The van der Waals surface area contributed by atoms with Crippen LogP contribution in [0.15, 0.2) is 78.2 Å². The Hall–Kier alpha value is -3.97. The number of hydrogen-bond donors (Lipinski definition) is 1. The molecule has 0 radical (unpaired) electrons. The number of aromatic carboxylic acids is 1. The van der Waals surface area contributed by atoms with Crippen molar-refractivity contribution in [1.82, 2.24) is 4.98 Å². The largest absolute Gasteiger partial charge is 0.478 e. The summed E-state index contributed by atoms with van der Waals surface area (Å²) in [5, 5.41) is 12.1. The molecule has 4 aromatic rings. The maximum atomic E-state index is 11.8. The smallest absolute Gasteiger partial charge is 0.335 e. The number of carbonyl (C=O) groups excluding carboxylic acids is 1. The standard InChI is InChI=1S/C32H33N3O3S/c1-34(19-22-6-10-24(11-7-22)27-4-3-5-29(36)18-27)28-16-14-25(15-17-28)30-21-39-32(33-30)35(2)20-23-8-12-26(13-9-23)31(37)38/h6-17,21,27H,3-5,18-20H2,1-2H3,(H,37,38). The van der Waals surface area contributed by atoms with Crippen molar-refractivity contribution in [3.63, 3.8) is 0 Å². The molecule has 1 N–H and O–H groups in total. The zero-order valence-electron chi connectivity index (χ0n) is 22.3. The second-order valence-electron chi connectivity index (χ2n) is 10.3. The molecule has 3 aromatic carbocycles. The van der Waals surface area contributed by atoms with E-state index in [0.717, 1.165) is 53.4 Å². The number of anilines is 2. The number of carboxylic acid groups (broad SMARTS) is 1. The van der Waals surface area contributed by atoms with Crippen molar-refractivity contribution >= 4 is 33.9 Å². The fraction of sp³-hybridized carbons (Fsp3) is 0.281. The molecule has 1 atom stereocenters. The lowest BCUT2D eigenvalue weighted by Crippen LogP contribution is -2.16. The second kappa shape index (κ2) is 11.8. The number of carboxylic acids is 1. The molecule has 1 aliphatic carbocycles. The number of aromatic nitrogens is 1. The Morgan fingerprint density at radius 3 is 2.21 bits per heavy atom. The van der Waals surface area contributed by atoms with Gasteiger partial charge in [-0.2, -0.15) is 0 Å². The van der Waals surface area contributed by atoms with Gasteiger partial charge in [-0.15, -0.1) is 11.3 Å². The summed E-state index contributed by atoms with van der Waals surface area (Å²) in [6.45, 7) is 1.46. The molecular formula is C32H33N3O3S. The number of ketones is 1. The third-order valence-electron chi connectivity index (χ3n) is 7.40. The van der Waals surface area contributed by atoms with Gasteiger partial charge in [-0.3, -0.25) is 4.79 Å². The van der Waals surface area contributed by atoms with Crippen molar-refractivity contribution in [3.05, 3.63) is 100 Å². The molecule has 1 saturated carbocycles. The Labute approximate surface area is 233 Å². The number of Topliss-reactive ketones (excluding diaryl/α,β-unsaturated/α-hetero) is 1. The summed E-state index contributed by atoms with van der Waals surface area (Å²) < 4.78 is 0. The summed E-state index contributed by atoms with van der Waals surface area (Å²) in [6, 6.07) is 24.2. The molecular weight excluding hydrogens is 506 g/mol. The van der Waals surface area contributed by atoms with E-state index in [1.165, 1.54) is 11.1 Å². The minimum Gasteiger partial charge on any atom is -0.478 e. The fourth-order valence-corrected chi connectivity index (χ4v) is 5.92. The molecule has 200 valence electrons. The van der Waals surface area contributed by atoms with Crippen LogP contribution in [0.2, 0.25) is 0 Å². The number of nitrogens with zero attached hydrogens (tertiary/aromatic N) is 3. The van der Waals surface area contributed by atoms with Crippen molar-refractivity contribution in [2.45, 2.75) is 44.7 Å². The highest BCUT2D eigenvalue weighted by Crippen LogP contribution is 2.32. The maximum absolute atomic E-state index is 11.8. The SMILES string of the molecule is CN(Cc1ccc(C2CCCC(=O)C2)cc1)c1ccc(-c2csc(N(C)Cc3ccc(C(=O)O)cc3)n2)cc1. The first kappa shape index (κ1) is 26.6. The number of thiazole rings is 1. The molecule has 0 bridgehead atoms. The van der Waals surface area contributed by atoms with Crippen molar-refractivity contribution in [3.8, 4) is 11.3 Å². The van der Waals surface area contributed by atoms with E-state index in [4.69, 9.17) is 10.1 Å². The molecule has 1 fully saturated rings. The van der Waals surface area contributed by atoms with Gasteiger partial charge in [0, 0.05) is 56.7 Å². The molecule has 0 aliphatic heterocycles. The van der Waals surface area contributed by atoms with Crippen LogP contribution < -0.4 is 9.80 Å². The van der Waals surface area contributed by atoms with Gasteiger partial charge in [0.2, 0.25) is 0 Å². The molecule has 0 spiro atoms. The first-order valence-corrected chi connectivity index (χ1v) is 14.1. The normalized spacial score (nSPS) is 15.2. The summed E-state index contributed by atoms with van der Waals surface area (Å²) >= 11 is 1.60. The molecule has 0 saturated heterocycles. The van der Waals surface area contributed by atoms with Crippen LogP contribution in [-0.4, -0.2) is 35.9 Å². The predicted octanol–water partition coefficient (Wildman–Crippen LogP) is 7.01. The zero-order valence-corrected chi connectivity index (χ0v) is 23.2. The van der Waals surface area contributed by atoms with Gasteiger partial charge in [0.15, 0.2) is 5.13 Å². The Morgan fingerprint density at radius 1 is 0.923 bits per heavy atom. The van der Waals surface area contributed by atoms with Crippen LogP contribution in [0.4, 0.5) is 10.8 Å². The average Bonchev–Trinajstić information content (AvgIpc) is 3.45. The molecule has 0 amide bonds. The van der Waals surface area contributed by atoms with Crippen molar-refractivity contribution in [2.24, 2.45) is 0 Å². The third-order valence-corrected chi connectivity index (χ3v) is 8.35. The highest BCUT2D eigenvalue weighted by Gasteiger charge is 2.20. The molecule has 1 aromatic heterocycles. The lowest BCUT2D eigenvalue weighted by Gasteiger charge is -2.22. The van der Waals surface area contributed by atoms with E-state index in [-0.39, 0.29) is 0 Å². The minimum absolute atomic E-state index is 0.290. The Morgan fingerprint density at radius 2 is 1.56 bits per heavy atom. The van der Waals surface area contributed by atoms with Crippen LogP contribution in [0, 0.1) is 0 Å². The van der Waals surface area contributed by atoms with E-state index in [2.05, 4.69) is 70.8 Å². The van der Waals surface area contributed by atoms with E-state index in [0.29, 0.717) is 30.2 Å². The van der Waals surface area contributed by atoms with Crippen LogP contribution in [0.3, 0.4) is 0 Å². The van der Waals surface area contributed by atoms with E-state index in [1.807, 2.05) is 19.2 Å². The molecule has 39 heavy (non-hydrogen) atoms. The van der Waals surface area contributed by atoms with Crippen molar-refractivity contribution in [2.75, 3.05) is 23.9 Å². The molecule has 1 aliphatic rings. The van der Waals surface area contributed by atoms with Gasteiger partial charge in [-0.05, 0) is 59.7 Å². The van der Waals surface area contributed by atoms with Crippen LogP contribution >= 0.6 is 11.3 Å². The molecule has 6 nitrogen and oxygen atoms in total. The molecule has 7 heteroatoms. The zero-order chi connectivity index (χ0) is 27.4. The van der Waals surface area contributed by atoms with Gasteiger partial charge in [0.05, 0.1) is 11.3 Å². The van der Waals surface area contributed by atoms with E-state index in [9.17, 15) is 9.59 Å². The summed E-state index contributed by atoms with van der Waals surface area (Å²) in [5.74, 6) is -0.147. The Bertz CT molecular complexity index is 1430. The van der Waals surface area contributed by atoms with Gasteiger partial charge in [-0.25, -0.2) is 9.78 Å². The summed E-state index contributed by atoms with van der Waals surface area (Å²) in [4.78, 5) is 32.0. The highest BCUT2D eigenvalue weighted by molar-refractivity contribution is 7.14. The molecule has 5 rings (SSSR count). The van der Waals surface area contributed by atoms with E-state index < -0.39 is 5.97 Å². The molecule has 1 unspecified atom stereocenters. The Kier molecular flexibility index (Phi) is 8.07. The van der Waals surface area contributed by atoms with Gasteiger partial charge in [0.1, 0.15) is 5.78 Å². The Balaban J connectivity index is 1.18. The van der Waals surface area contributed by atoms with Gasteiger partial charge in [0.25, 0.3) is 0 Å². The first-order valence-electron chi connectivity index (χ1n) is 13.3. The topological polar surface area (TPSA) is 73.7 Å². The van der Waals surface area contributed by atoms with Crippen molar-refractivity contribution in [1.29, 1.82) is 0 Å². The first-order chi connectivity index (χ1) is 18.9. The second-order valence-corrected chi connectivity index (χ2v) is 11.2. The van der Waals surface area contributed by atoms with Gasteiger partial charge in [-0.1, -0.05) is 48.5 Å². The summed E-state index contributed by atoms with van der Waals surface area (Å²) in [7, 11) is 4.09. The van der Waals surface area contributed by atoms with Crippen LogP contribution in [0.1, 0.15) is 58.6 Å². The van der Waals surface area contributed by atoms with Crippen LogP contribution in [-0.2, 0) is 17.9 Å².